The molecule has 0 bridgehead atoms. The molecule has 7 heteroatoms. The highest BCUT2D eigenvalue weighted by Gasteiger charge is 2.25. The van der Waals surface area contributed by atoms with Crippen molar-refractivity contribution >= 4 is 11.5 Å². The molecule has 1 aliphatic heterocycles. The number of anilines is 1. The fraction of sp³-hybridized carbons (Fsp3) is 0.400. The van der Waals surface area contributed by atoms with Crippen molar-refractivity contribution in [2.75, 3.05) is 18.4 Å². The molecule has 2 atom stereocenters. The van der Waals surface area contributed by atoms with Gasteiger partial charge in [-0.15, -0.1) is 0 Å². The first-order chi connectivity index (χ1) is 13.3. The predicted molar refractivity (Wildman–Crippen MR) is 102 cm³/mol. The summed E-state index contributed by atoms with van der Waals surface area (Å²) < 4.78 is 21.9. The number of piperidine rings is 1. The topological polar surface area (TPSA) is 63.5 Å². The number of rotatable bonds is 5. The normalized spacial score (nSPS) is 22.7. The molecule has 2 aliphatic rings. The van der Waals surface area contributed by atoms with E-state index in [9.17, 15) is 4.39 Å². The van der Waals surface area contributed by atoms with Gasteiger partial charge in [0.2, 0.25) is 0 Å². The predicted octanol–water partition coefficient (Wildman–Crippen LogP) is 3.05. The van der Waals surface area contributed by atoms with Crippen molar-refractivity contribution in [2.24, 2.45) is 0 Å². The van der Waals surface area contributed by atoms with E-state index in [-0.39, 0.29) is 6.04 Å². The molecule has 4 heterocycles. The SMILES string of the molecule is FC1CCNCC1Nc1cccc(-c2cnc3cc(OC4CC4)ccn23)n1. The Bertz CT molecular complexity index is 954. The monoisotopic (exact) mass is 367 g/mol. The Morgan fingerprint density at radius 1 is 1.22 bits per heavy atom. The van der Waals surface area contributed by atoms with Crippen LogP contribution in [-0.2, 0) is 0 Å². The van der Waals surface area contributed by atoms with Crippen LogP contribution in [0.15, 0.2) is 42.7 Å². The third-order valence-corrected chi connectivity index (χ3v) is 5.05. The third kappa shape index (κ3) is 3.47. The lowest BCUT2D eigenvalue weighted by atomic mass is 10.1. The molecule has 6 nitrogen and oxygen atoms in total. The van der Waals surface area contributed by atoms with Crippen molar-refractivity contribution in [1.82, 2.24) is 19.7 Å². The minimum Gasteiger partial charge on any atom is -0.490 e. The summed E-state index contributed by atoms with van der Waals surface area (Å²) in [6, 6.07) is 9.39. The van der Waals surface area contributed by atoms with Gasteiger partial charge >= 0.3 is 0 Å². The molecule has 2 N–H and O–H groups in total. The van der Waals surface area contributed by atoms with Gasteiger partial charge in [0.05, 0.1) is 29.7 Å². The second-order valence-corrected chi connectivity index (χ2v) is 7.22. The number of ether oxygens (including phenoxy) is 1. The van der Waals surface area contributed by atoms with E-state index >= 15 is 0 Å². The van der Waals surface area contributed by atoms with Gasteiger partial charge in [-0.25, -0.2) is 14.4 Å². The summed E-state index contributed by atoms with van der Waals surface area (Å²) in [5.41, 5.74) is 2.51. The van der Waals surface area contributed by atoms with E-state index < -0.39 is 6.17 Å². The van der Waals surface area contributed by atoms with E-state index in [0.717, 1.165) is 42.2 Å². The number of alkyl halides is 1. The van der Waals surface area contributed by atoms with Crippen LogP contribution < -0.4 is 15.4 Å². The minimum atomic E-state index is -0.864. The molecule has 0 amide bonds. The Hall–Kier alpha value is -2.67. The summed E-state index contributed by atoms with van der Waals surface area (Å²) >= 11 is 0. The van der Waals surface area contributed by atoms with Crippen LogP contribution in [0.5, 0.6) is 5.75 Å². The average Bonchev–Trinajstić information content (AvgIpc) is 3.39. The first kappa shape index (κ1) is 16.5. The Labute approximate surface area is 156 Å². The maximum absolute atomic E-state index is 14.1. The number of hydrogen-bond acceptors (Lipinski definition) is 5. The van der Waals surface area contributed by atoms with E-state index in [1.165, 1.54) is 0 Å². The van der Waals surface area contributed by atoms with Crippen molar-refractivity contribution in [3.8, 4) is 17.1 Å². The first-order valence-corrected chi connectivity index (χ1v) is 9.49. The van der Waals surface area contributed by atoms with Crippen LogP contribution in [0.2, 0.25) is 0 Å². The summed E-state index contributed by atoms with van der Waals surface area (Å²) in [7, 11) is 0. The molecule has 1 saturated heterocycles. The van der Waals surface area contributed by atoms with Gasteiger partial charge in [-0.1, -0.05) is 6.07 Å². The van der Waals surface area contributed by atoms with Gasteiger partial charge < -0.3 is 15.4 Å². The highest BCUT2D eigenvalue weighted by atomic mass is 19.1. The van der Waals surface area contributed by atoms with Gasteiger partial charge in [0.1, 0.15) is 23.4 Å². The van der Waals surface area contributed by atoms with Crippen LogP contribution >= 0.6 is 0 Å². The summed E-state index contributed by atoms with van der Waals surface area (Å²) in [6.45, 7) is 1.33. The van der Waals surface area contributed by atoms with Gasteiger partial charge in [0, 0.05) is 18.8 Å². The van der Waals surface area contributed by atoms with Crippen molar-refractivity contribution < 1.29 is 9.13 Å². The molecule has 2 fully saturated rings. The van der Waals surface area contributed by atoms with E-state index in [1.807, 2.05) is 47.1 Å². The number of pyridine rings is 2. The summed E-state index contributed by atoms with van der Waals surface area (Å²) in [6.07, 6.45) is 6.05. The van der Waals surface area contributed by atoms with Gasteiger partial charge in [-0.2, -0.15) is 0 Å². The highest BCUT2D eigenvalue weighted by molar-refractivity contribution is 5.63. The fourth-order valence-electron chi connectivity index (χ4n) is 3.42. The van der Waals surface area contributed by atoms with Crippen LogP contribution in [0.4, 0.5) is 10.2 Å². The van der Waals surface area contributed by atoms with Crippen LogP contribution in [0.3, 0.4) is 0 Å². The number of halogens is 1. The van der Waals surface area contributed by atoms with E-state index in [1.54, 1.807) is 0 Å². The smallest absolute Gasteiger partial charge is 0.140 e. The highest BCUT2D eigenvalue weighted by Crippen LogP contribution is 2.28. The summed E-state index contributed by atoms with van der Waals surface area (Å²) in [4.78, 5) is 9.17. The first-order valence-electron chi connectivity index (χ1n) is 9.49. The van der Waals surface area contributed by atoms with E-state index in [0.29, 0.717) is 24.9 Å². The average molecular weight is 367 g/mol. The van der Waals surface area contributed by atoms with Crippen LogP contribution in [0, 0.1) is 0 Å². The summed E-state index contributed by atoms with van der Waals surface area (Å²) in [5, 5.41) is 6.44. The number of aromatic nitrogens is 3. The van der Waals surface area contributed by atoms with Crippen molar-refractivity contribution in [2.45, 2.75) is 37.6 Å². The summed E-state index contributed by atoms with van der Waals surface area (Å²) in [5.74, 6) is 1.52. The molecule has 0 aromatic carbocycles. The molecule has 27 heavy (non-hydrogen) atoms. The molecule has 2 unspecified atom stereocenters. The quantitative estimate of drug-likeness (QED) is 0.726. The standard InChI is InChI=1S/C20H22FN5O/c21-15-6-8-22-11-17(15)25-19-3-1-2-16(24-19)18-12-23-20-10-14(7-9-26(18)20)27-13-4-5-13/h1-3,7,9-10,12-13,15,17,22H,4-6,8,11H2,(H,24,25). The molecule has 140 valence electrons. The molecule has 1 saturated carbocycles. The van der Waals surface area contributed by atoms with Gasteiger partial charge in [0.25, 0.3) is 0 Å². The fourth-order valence-corrected chi connectivity index (χ4v) is 3.42. The largest absolute Gasteiger partial charge is 0.490 e. The lowest BCUT2D eigenvalue weighted by Gasteiger charge is -2.28. The zero-order valence-corrected chi connectivity index (χ0v) is 14.9. The molecule has 5 rings (SSSR count). The Morgan fingerprint density at radius 2 is 2.15 bits per heavy atom. The van der Waals surface area contributed by atoms with Crippen LogP contribution in [-0.4, -0.2) is 45.8 Å². The number of imidazole rings is 1. The van der Waals surface area contributed by atoms with Crippen LogP contribution in [0.1, 0.15) is 19.3 Å². The molecule has 3 aromatic rings. The maximum atomic E-state index is 14.1. The van der Waals surface area contributed by atoms with Gasteiger partial charge in [-0.05, 0) is 44.0 Å². The van der Waals surface area contributed by atoms with Crippen LogP contribution in [0.25, 0.3) is 17.0 Å². The zero-order valence-electron chi connectivity index (χ0n) is 14.9. The van der Waals surface area contributed by atoms with Gasteiger partial charge in [0.15, 0.2) is 0 Å². The second kappa shape index (κ2) is 6.81. The number of fused-ring (bicyclic) bond motifs is 1. The zero-order chi connectivity index (χ0) is 18.2. The molecule has 3 aromatic heterocycles. The lowest BCUT2D eigenvalue weighted by Crippen LogP contribution is -2.46. The Morgan fingerprint density at radius 3 is 3.00 bits per heavy atom. The Balaban J connectivity index is 1.40. The van der Waals surface area contributed by atoms with Crippen molar-refractivity contribution in [3.05, 3.63) is 42.7 Å². The molecular weight excluding hydrogens is 345 g/mol. The van der Waals surface area contributed by atoms with Gasteiger partial charge in [-0.3, -0.25) is 4.40 Å². The lowest BCUT2D eigenvalue weighted by molar-refractivity contribution is 0.241. The molecule has 1 aliphatic carbocycles. The number of nitrogens with zero attached hydrogens (tertiary/aromatic N) is 3. The van der Waals surface area contributed by atoms with Crippen molar-refractivity contribution in [3.63, 3.8) is 0 Å². The maximum Gasteiger partial charge on any atom is 0.140 e. The number of hydrogen-bond donors (Lipinski definition) is 2. The molecule has 0 radical (unpaired) electrons. The third-order valence-electron chi connectivity index (χ3n) is 5.05. The Kier molecular flexibility index (Phi) is 4.16. The second-order valence-electron chi connectivity index (χ2n) is 7.22. The molecule has 0 spiro atoms. The van der Waals surface area contributed by atoms with E-state index in [4.69, 9.17) is 4.74 Å². The number of nitrogens with one attached hydrogen (secondary N) is 2. The van der Waals surface area contributed by atoms with Crippen molar-refractivity contribution in [1.29, 1.82) is 0 Å². The van der Waals surface area contributed by atoms with E-state index in [2.05, 4.69) is 20.6 Å². The minimum absolute atomic E-state index is 0.259. The molecular formula is C20H22FN5O.